The summed E-state index contributed by atoms with van der Waals surface area (Å²) in [6.07, 6.45) is -4.39. The van der Waals surface area contributed by atoms with E-state index in [1.165, 1.54) is 6.07 Å². The fourth-order valence-electron chi connectivity index (χ4n) is 4.17. The van der Waals surface area contributed by atoms with E-state index in [0.717, 1.165) is 32.3 Å². The quantitative estimate of drug-likeness (QED) is 0.266. The molecule has 2 heterocycles. The van der Waals surface area contributed by atoms with Gasteiger partial charge in [-0.15, -0.1) is 11.3 Å². The summed E-state index contributed by atoms with van der Waals surface area (Å²) in [5, 5.41) is 4.27. The second-order valence-corrected chi connectivity index (χ2v) is 10.1. The van der Waals surface area contributed by atoms with Crippen LogP contribution in [0.1, 0.15) is 34.8 Å². The third-order valence-corrected chi connectivity index (χ3v) is 7.21. The van der Waals surface area contributed by atoms with Crippen LogP contribution in [0.5, 0.6) is 11.5 Å². The minimum Gasteiger partial charge on any atom is -0.493 e. The van der Waals surface area contributed by atoms with Crippen LogP contribution in [0.25, 0.3) is 21.3 Å². The Morgan fingerprint density at radius 3 is 2.35 bits per heavy atom. The van der Waals surface area contributed by atoms with Crippen molar-refractivity contribution in [2.24, 2.45) is 0 Å². The first-order valence-electron chi connectivity index (χ1n) is 11.6. The Hall–Kier alpha value is -3.37. The number of nitrogens with zero attached hydrogens (tertiary/aromatic N) is 3. The van der Waals surface area contributed by atoms with Crippen LogP contribution < -0.4 is 14.8 Å². The van der Waals surface area contributed by atoms with Crippen molar-refractivity contribution in [3.05, 3.63) is 64.3 Å². The summed E-state index contributed by atoms with van der Waals surface area (Å²) < 4.78 is 50.9. The number of benzene rings is 2. The first-order valence-corrected chi connectivity index (χ1v) is 12.4. The van der Waals surface area contributed by atoms with Crippen molar-refractivity contribution in [1.29, 1.82) is 0 Å². The molecule has 2 aromatic carbocycles. The average molecular weight is 531 g/mol. The summed E-state index contributed by atoms with van der Waals surface area (Å²) >= 11 is 1.54. The number of aromatic nitrogens is 2. The van der Waals surface area contributed by atoms with Crippen molar-refractivity contribution in [3.8, 4) is 21.9 Å². The molecular weight excluding hydrogens is 501 g/mol. The Kier molecular flexibility index (Phi) is 7.61. The van der Waals surface area contributed by atoms with Crippen molar-refractivity contribution in [2.45, 2.75) is 32.6 Å². The van der Waals surface area contributed by atoms with Gasteiger partial charge in [0.1, 0.15) is 11.6 Å². The van der Waals surface area contributed by atoms with E-state index in [4.69, 9.17) is 9.47 Å². The van der Waals surface area contributed by atoms with E-state index in [9.17, 15) is 13.2 Å². The SMILES string of the molecule is COc1cc2nc(C)nc(NC(C)c3ccc(-c4ccc(C(F)(F)F)cc4CN(C)C)s3)c2cc1OC. The van der Waals surface area contributed by atoms with Crippen LogP contribution >= 0.6 is 11.3 Å². The lowest BCUT2D eigenvalue weighted by Crippen LogP contribution is -2.13. The highest BCUT2D eigenvalue weighted by Gasteiger charge is 2.31. The number of thiophene rings is 1. The van der Waals surface area contributed by atoms with Gasteiger partial charge < -0.3 is 19.7 Å². The minimum absolute atomic E-state index is 0.115. The standard InChI is InChI=1S/C27H29F3N4O2S/c1-15(31-26-20-12-22(35-5)23(36-6)13-21(20)32-16(2)33-26)24-9-10-25(37-24)19-8-7-18(27(28,29)30)11-17(19)14-34(3)4/h7-13,15H,14H2,1-6H3,(H,31,32,33). The van der Waals surface area contributed by atoms with Crippen molar-refractivity contribution < 1.29 is 22.6 Å². The molecule has 1 N–H and O–H groups in total. The molecule has 0 fully saturated rings. The molecule has 37 heavy (non-hydrogen) atoms. The molecule has 0 saturated heterocycles. The molecule has 0 spiro atoms. The molecule has 1 unspecified atom stereocenters. The third kappa shape index (κ3) is 5.80. The number of rotatable bonds is 8. The molecule has 4 rings (SSSR count). The van der Waals surface area contributed by atoms with Gasteiger partial charge in [0.25, 0.3) is 0 Å². The molecule has 0 aliphatic heterocycles. The average Bonchev–Trinajstić information content (AvgIpc) is 3.32. The highest BCUT2D eigenvalue weighted by molar-refractivity contribution is 7.15. The van der Waals surface area contributed by atoms with Crippen molar-refractivity contribution >= 4 is 28.1 Å². The van der Waals surface area contributed by atoms with Crippen molar-refractivity contribution in [3.63, 3.8) is 0 Å². The molecule has 4 aromatic rings. The van der Waals surface area contributed by atoms with Gasteiger partial charge in [-0.3, -0.25) is 0 Å². The van der Waals surface area contributed by atoms with Gasteiger partial charge in [0.05, 0.1) is 31.3 Å². The third-order valence-electron chi connectivity index (χ3n) is 5.90. The first kappa shape index (κ1) is 26.7. The minimum atomic E-state index is -4.39. The van der Waals surface area contributed by atoms with Gasteiger partial charge in [-0.1, -0.05) is 6.07 Å². The van der Waals surface area contributed by atoms with Crippen molar-refractivity contribution in [2.75, 3.05) is 33.6 Å². The number of halogens is 3. The van der Waals surface area contributed by atoms with Crippen LogP contribution in [-0.4, -0.2) is 43.2 Å². The summed E-state index contributed by atoms with van der Waals surface area (Å²) in [4.78, 5) is 12.9. The number of anilines is 1. The number of nitrogens with one attached hydrogen (secondary N) is 1. The van der Waals surface area contributed by atoms with Crippen LogP contribution in [0.15, 0.2) is 42.5 Å². The molecule has 1 atom stereocenters. The van der Waals surface area contributed by atoms with E-state index in [1.54, 1.807) is 31.6 Å². The normalized spacial score (nSPS) is 12.7. The van der Waals surface area contributed by atoms with Crippen LogP contribution in [0.2, 0.25) is 0 Å². The monoisotopic (exact) mass is 530 g/mol. The molecule has 196 valence electrons. The van der Waals surface area contributed by atoms with Gasteiger partial charge in [0.15, 0.2) is 11.5 Å². The maximum absolute atomic E-state index is 13.3. The lowest BCUT2D eigenvalue weighted by atomic mass is 10.0. The first-order chi connectivity index (χ1) is 17.5. The zero-order valence-electron chi connectivity index (χ0n) is 21.5. The number of ether oxygens (including phenoxy) is 2. The van der Waals surface area contributed by atoms with E-state index < -0.39 is 11.7 Å². The summed E-state index contributed by atoms with van der Waals surface area (Å²) in [5.41, 5.74) is 1.51. The number of aryl methyl sites for hydroxylation is 1. The Balaban J connectivity index is 1.67. The van der Waals surface area contributed by atoms with Gasteiger partial charge in [-0.05, 0) is 69.4 Å². The van der Waals surface area contributed by atoms with Crippen molar-refractivity contribution in [1.82, 2.24) is 14.9 Å². The van der Waals surface area contributed by atoms with E-state index in [1.807, 2.05) is 57.1 Å². The van der Waals surface area contributed by atoms with E-state index in [2.05, 4.69) is 15.3 Å². The van der Waals surface area contributed by atoms with Gasteiger partial charge >= 0.3 is 6.18 Å². The van der Waals surface area contributed by atoms with Crippen LogP contribution in [-0.2, 0) is 12.7 Å². The fraction of sp³-hybridized carbons (Fsp3) is 0.333. The van der Waals surface area contributed by atoms with E-state index in [-0.39, 0.29) is 6.04 Å². The largest absolute Gasteiger partial charge is 0.493 e. The molecule has 2 aromatic heterocycles. The number of methoxy groups -OCH3 is 2. The molecule has 0 radical (unpaired) electrons. The highest BCUT2D eigenvalue weighted by atomic mass is 32.1. The topological polar surface area (TPSA) is 59.5 Å². The highest BCUT2D eigenvalue weighted by Crippen LogP contribution is 2.39. The molecule has 0 aliphatic rings. The molecule has 0 bridgehead atoms. The number of hydrogen-bond acceptors (Lipinski definition) is 7. The second-order valence-electron chi connectivity index (χ2n) is 9.02. The summed E-state index contributed by atoms with van der Waals surface area (Å²) in [7, 11) is 6.84. The maximum atomic E-state index is 13.3. The van der Waals surface area contributed by atoms with Gasteiger partial charge in [0, 0.05) is 27.8 Å². The Labute approximate surface area is 218 Å². The van der Waals surface area contributed by atoms with Crippen LogP contribution in [0.3, 0.4) is 0 Å². The number of fused-ring (bicyclic) bond motifs is 1. The second kappa shape index (κ2) is 10.5. The van der Waals surface area contributed by atoms with Crippen LogP contribution in [0.4, 0.5) is 19.0 Å². The van der Waals surface area contributed by atoms with Gasteiger partial charge in [0.2, 0.25) is 0 Å². The number of hydrogen-bond donors (Lipinski definition) is 1. The van der Waals surface area contributed by atoms with Crippen LogP contribution in [0, 0.1) is 6.92 Å². The molecule has 6 nitrogen and oxygen atoms in total. The smallest absolute Gasteiger partial charge is 0.416 e. The molecular formula is C27H29F3N4O2S. The Bertz CT molecular complexity index is 1420. The summed E-state index contributed by atoms with van der Waals surface area (Å²) in [6, 6.07) is 11.5. The Morgan fingerprint density at radius 1 is 1.00 bits per heavy atom. The molecule has 10 heteroatoms. The molecule has 0 amide bonds. The predicted octanol–water partition coefficient (Wildman–Crippen LogP) is 6.94. The van der Waals surface area contributed by atoms with Gasteiger partial charge in [-0.25, -0.2) is 9.97 Å². The Morgan fingerprint density at radius 2 is 1.70 bits per heavy atom. The van der Waals surface area contributed by atoms with E-state index >= 15 is 0 Å². The van der Waals surface area contributed by atoms with Gasteiger partial charge in [-0.2, -0.15) is 13.2 Å². The lowest BCUT2D eigenvalue weighted by molar-refractivity contribution is -0.137. The van der Waals surface area contributed by atoms with E-state index in [0.29, 0.717) is 35.2 Å². The number of alkyl halides is 3. The lowest BCUT2D eigenvalue weighted by Gasteiger charge is -2.17. The molecule has 0 aliphatic carbocycles. The molecule has 0 saturated carbocycles. The predicted molar refractivity (Wildman–Crippen MR) is 142 cm³/mol. The zero-order chi connectivity index (χ0) is 26.9. The zero-order valence-corrected chi connectivity index (χ0v) is 22.3. The fourth-order valence-corrected chi connectivity index (χ4v) is 5.24. The maximum Gasteiger partial charge on any atom is 0.416 e. The summed E-state index contributed by atoms with van der Waals surface area (Å²) in [6.45, 7) is 4.25. The summed E-state index contributed by atoms with van der Waals surface area (Å²) in [5.74, 6) is 2.43.